The lowest BCUT2D eigenvalue weighted by atomic mass is 10.1. The van der Waals surface area contributed by atoms with Crippen LogP contribution in [0, 0.1) is 0 Å². The first-order valence-corrected chi connectivity index (χ1v) is 7.09. The van der Waals surface area contributed by atoms with Gasteiger partial charge in [0.25, 0.3) is 0 Å². The lowest BCUT2D eigenvalue weighted by Gasteiger charge is -2.29. The number of hydrogen-bond donors (Lipinski definition) is 3. The predicted molar refractivity (Wildman–Crippen MR) is 71.0 cm³/mol. The number of nitrogens with zero attached hydrogens (tertiary/aromatic N) is 1. The number of carbonyl (C=O) groups excluding carboxylic acids is 2. The Kier molecular flexibility index (Phi) is 4.72. The molecular weight excluding hydrogens is 262 g/mol. The normalized spacial score (nSPS) is 27.2. The molecule has 7 heteroatoms. The Morgan fingerprint density at radius 3 is 1.80 bits per heavy atom. The summed E-state index contributed by atoms with van der Waals surface area (Å²) in [5.41, 5.74) is 0. The number of amides is 2. The Hall–Kier alpha value is -1.47. The van der Waals surface area contributed by atoms with Gasteiger partial charge in [-0.2, -0.15) is 0 Å². The van der Waals surface area contributed by atoms with Crippen molar-refractivity contribution < 1.29 is 19.5 Å². The Bertz CT molecular complexity index is 372. The van der Waals surface area contributed by atoms with E-state index in [2.05, 4.69) is 10.6 Å². The topological polar surface area (TPSA) is 98.7 Å². The minimum atomic E-state index is -1.16. The number of carbonyl (C=O) groups is 3. The fourth-order valence-corrected chi connectivity index (χ4v) is 2.73. The summed E-state index contributed by atoms with van der Waals surface area (Å²) in [5.74, 6) is -2.00. The maximum Gasteiger partial charge on any atom is 0.326 e. The summed E-state index contributed by atoms with van der Waals surface area (Å²) in [5, 5.41) is 15.2. The quantitative estimate of drug-likeness (QED) is 0.591. The molecule has 0 aliphatic carbocycles. The van der Waals surface area contributed by atoms with Crippen molar-refractivity contribution in [3.05, 3.63) is 0 Å². The highest BCUT2D eigenvalue weighted by atomic mass is 16.4. The monoisotopic (exact) mass is 283 g/mol. The van der Waals surface area contributed by atoms with Crippen molar-refractivity contribution in [3.8, 4) is 0 Å². The predicted octanol–water partition coefficient (Wildman–Crippen LogP) is -0.681. The summed E-state index contributed by atoms with van der Waals surface area (Å²) in [7, 11) is 0. The van der Waals surface area contributed by atoms with E-state index < -0.39 is 35.9 Å². The van der Waals surface area contributed by atoms with Crippen molar-refractivity contribution in [1.29, 1.82) is 0 Å². The van der Waals surface area contributed by atoms with Crippen LogP contribution >= 0.6 is 0 Å². The van der Waals surface area contributed by atoms with Crippen molar-refractivity contribution in [1.82, 2.24) is 15.5 Å². The molecule has 0 aromatic carbocycles. The molecule has 0 saturated carbocycles. The molecule has 3 unspecified atom stereocenters. The fraction of sp³-hybridized carbons (Fsp3) is 0.769. The van der Waals surface area contributed by atoms with Gasteiger partial charge in [0.1, 0.15) is 6.04 Å². The van der Waals surface area contributed by atoms with E-state index in [-0.39, 0.29) is 0 Å². The van der Waals surface area contributed by atoms with Gasteiger partial charge in [0.2, 0.25) is 11.8 Å². The highest BCUT2D eigenvalue weighted by Crippen LogP contribution is 2.16. The van der Waals surface area contributed by atoms with Crippen molar-refractivity contribution in [3.63, 3.8) is 0 Å². The standard InChI is InChI=1S/C13H21N3O4/c1-8(13(19)20)16(11(17)9-4-2-6-14-9)12(18)10-5-3-7-15-10/h8-10,14-15H,2-7H2,1H3,(H,19,20). The first-order valence-electron chi connectivity index (χ1n) is 7.09. The van der Waals surface area contributed by atoms with Gasteiger partial charge in [-0.3, -0.25) is 14.5 Å². The van der Waals surface area contributed by atoms with Crippen LogP contribution in [0.15, 0.2) is 0 Å². The largest absolute Gasteiger partial charge is 0.480 e. The van der Waals surface area contributed by atoms with E-state index in [1.165, 1.54) is 6.92 Å². The van der Waals surface area contributed by atoms with Crippen molar-refractivity contribution in [2.24, 2.45) is 0 Å². The molecule has 20 heavy (non-hydrogen) atoms. The number of carboxylic acid groups (broad SMARTS) is 1. The fourth-order valence-electron chi connectivity index (χ4n) is 2.73. The van der Waals surface area contributed by atoms with Gasteiger partial charge in [0, 0.05) is 0 Å². The van der Waals surface area contributed by atoms with Gasteiger partial charge < -0.3 is 15.7 Å². The van der Waals surface area contributed by atoms with Gasteiger partial charge in [-0.05, 0) is 45.7 Å². The molecule has 2 aliphatic heterocycles. The van der Waals surface area contributed by atoms with Crippen LogP contribution in [-0.2, 0) is 14.4 Å². The van der Waals surface area contributed by atoms with Crippen LogP contribution < -0.4 is 10.6 Å². The smallest absolute Gasteiger partial charge is 0.326 e. The summed E-state index contributed by atoms with van der Waals surface area (Å²) < 4.78 is 0. The number of imide groups is 1. The second-order valence-electron chi connectivity index (χ2n) is 5.36. The first-order chi connectivity index (χ1) is 9.52. The zero-order valence-electron chi connectivity index (χ0n) is 11.6. The third-order valence-electron chi connectivity index (χ3n) is 3.94. The van der Waals surface area contributed by atoms with E-state index in [4.69, 9.17) is 5.11 Å². The summed E-state index contributed by atoms with van der Waals surface area (Å²) in [6.07, 6.45) is 3.02. The molecule has 3 atom stereocenters. The summed E-state index contributed by atoms with van der Waals surface area (Å²) >= 11 is 0. The van der Waals surface area contributed by atoms with Crippen LogP contribution in [0.3, 0.4) is 0 Å². The van der Waals surface area contributed by atoms with E-state index in [1.54, 1.807) is 0 Å². The SMILES string of the molecule is CC(C(=O)O)N(C(=O)C1CCCN1)C(=O)C1CCCN1. The van der Waals surface area contributed by atoms with Crippen LogP contribution in [0.25, 0.3) is 0 Å². The Morgan fingerprint density at radius 1 is 1.05 bits per heavy atom. The van der Waals surface area contributed by atoms with Crippen molar-refractivity contribution >= 4 is 17.8 Å². The lowest BCUT2D eigenvalue weighted by molar-refractivity contribution is -0.158. The number of carboxylic acids is 1. The number of hydrogen-bond acceptors (Lipinski definition) is 5. The average molecular weight is 283 g/mol. The molecule has 2 saturated heterocycles. The van der Waals surface area contributed by atoms with E-state index in [1.807, 2.05) is 0 Å². The number of rotatable bonds is 4. The molecule has 112 valence electrons. The first kappa shape index (κ1) is 14.9. The third-order valence-corrected chi connectivity index (χ3v) is 3.94. The van der Waals surface area contributed by atoms with Gasteiger partial charge >= 0.3 is 5.97 Å². The zero-order chi connectivity index (χ0) is 14.7. The second-order valence-corrected chi connectivity index (χ2v) is 5.36. The molecule has 2 heterocycles. The Labute approximate surface area is 117 Å². The highest BCUT2D eigenvalue weighted by Gasteiger charge is 2.39. The number of nitrogens with one attached hydrogen (secondary N) is 2. The van der Waals surface area contributed by atoms with E-state index >= 15 is 0 Å². The van der Waals surface area contributed by atoms with Gasteiger partial charge in [0.15, 0.2) is 0 Å². The average Bonchev–Trinajstić information content (AvgIpc) is 3.11. The molecule has 7 nitrogen and oxygen atoms in total. The van der Waals surface area contributed by atoms with Crippen LogP contribution in [0.4, 0.5) is 0 Å². The second kappa shape index (κ2) is 6.32. The summed E-state index contributed by atoms with van der Waals surface area (Å²) in [4.78, 5) is 37.0. The number of aliphatic carboxylic acids is 1. The van der Waals surface area contributed by atoms with E-state index in [9.17, 15) is 14.4 Å². The molecule has 0 aromatic rings. The van der Waals surface area contributed by atoms with Crippen molar-refractivity contribution in [2.75, 3.05) is 13.1 Å². The molecule has 2 amide bonds. The van der Waals surface area contributed by atoms with E-state index in [0.717, 1.165) is 30.8 Å². The van der Waals surface area contributed by atoms with Gasteiger partial charge in [-0.25, -0.2) is 4.79 Å². The molecule has 0 radical (unpaired) electrons. The lowest BCUT2D eigenvalue weighted by Crippen LogP contribution is -2.57. The van der Waals surface area contributed by atoms with Crippen LogP contribution in [0.1, 0.15) is 32.6 Å². The maximum atomic E-state index is 12.4. The molecule has 0 aromatic heterocycles. The summed E-state index contributed by atoms with van der Waals surface area (Å²) in [6, 6.07) is -2.02. The molecule has 0 bridgehead atoms. The third kappa shape index (κ3) is 2.99. The van der Waals surface area contributed by atoms with Gasteiger partial charge in [-0.15, -0.1) is 0 Å². The van der Waals surface area contributed by atoms with Gasteiger partial charge in [-0.1, -0.05) is 0 Å². The molecule has 3 N–H and O–H groups in total. The van der Waals surface area contributed by atoms with Crippen LogP contribution in [-0.4, -0.2) is 59.0 Å². The molecule has 0 spiro atoms. The van der Waals surface area contributed by atoms with Crippen molar-refractivity contribution in [2.45, 2.75) is 50.7 Å². The van der Waals surface area contributed by atoms with Crippen LogP contribution in [0.5, 0.6) is 0 Å². The molecule has 2 rings (SSSR count). The van der Waals surface area contributed by atoms with Gasteiger partial charge in [0.05, 0.1) is 12.1 Å². The zero-order valence-corrected chi connectivity index (χ0v) is 11.6. The van der Waals surface area contributed by atoms with Crippen LogP contribution in [0.2, 0.25) is 0 Å². The Balaban J connectivity index is 2.16. The molecule has 2 aliphatic rings. The maximum absolute atomic E-state index is 12.4. The highest BCUT2D eigenvalue weighted by molar-refractivity contribution is 6.03. The molecular formula is C13H21N3O4. The van der Waals surface area contributed by atoms with E-state index in [0.29, 0.717) is 12.8 Å². The summed E-state index contributed by atoms with van der Waals surface area (Å²) in [6.45, 7) is 2.82. The Morgan fingerprint density at radius 2 is 1.50 bits per heavy atom. The minimum absolute atomic E-state index is 0.420. The molecule has 2 fully saturated rings. The minimum Gasteiger partial charge on any atom is -0.480 e.